The number of rotatable bonds is 5. The van der Waals surface area contributed by atoms with Crippen LogP contribution >= 0.6 is 0 Å². The van der Waals surface area contributed by atoms with Gasteiger partial charge in [-0.15, -0.1) is 0 Å². The SMILES string of the molecule is COC(=O)CCCC(=O)c1cc2c(cc1N)OCCO2. The lowest BCUT2D eigenvalue weighted by atomic mass is 10.0. The van der Waals surface area contributed by atoms with E-state index in [0.29, 0.717) is 42.4 Å². The lowest BCUT2D eigenvalue weighted by Crippen LogP contribution is -2.16. The number of ether oxygens (including phenoxy) is 3. The van der Waals surface area contributed by atoms with Gasteiger partial charge in [0, 0.05) is 30.2 Å². The molecule has 1 aromatic carbocycles. The Morgan fingerprint density at radius 2 is 1.85 bits per heavy atom. The van der Waals surface area contributed by atoms with Crippen LogP contribution in [0.4, 0.5) is 5.69 Å². The molecule has 0 atom stereocenters. The fraction of sp³-hybridized carbons (Fsp3) is 0.429. The van der Waals surface area contributed by atoms with Crippen LogP contribution in [0.1, 0.15) is 29.6 Å². The van der Waals surface area contributed by atoms with E-state index in [2.05, 4.69) is 4.74 Å². The summed E-state index contributed by atoms with van der Waals surface area (Å²) in [5.41, 5.74) is 6.62. The van der Waals surface area contributed by atoms with Gasteiger partial charge in [-0.1, -0.05) is 0 Å². The summed E-state index contributed by atoms with van der Waals surface area (Å²) in [6.45, 7) is 0.922. The minimum absolute atomic E-state index is 0.122. The Hall–Kier alpha value is -2.24. The quantitative estimate of drug-likeness (QED) is 0.500. The Kier molecular flexibility index (Phi) is 4.45. The molecule has 1 heterocycles. The van der Waals surface area contributed by atoms with Gasteiger partial charge >= 0.3 is 5.97 Å². The second-order valence-electron chi connectivity index (χ2n) is 4.44. The topological polar surface area (TPSA) is 87.9 Å². The lowest BCUT2D eigenvalue weighted by molar-refractivity contribution is -0.140. The zero-order valence-electron chi connectivity index (χ0n) is 11.3. The van der Waals surface area contributed by atoms with Gasteiger partial charge < -0.3 is 19.9 Å². The van der Waals surface area contributed by atoms with Gasteiger partial charge in [-0.2, -0.15) is 0 Å². The third-order valence-corrected chi connectivity index (χ3v) is 3.03. The molecule has 6 nitrogen and oxygen atoms in total. The molecule has 1 aliphatic heterocycles. The van der Waals surface area contributed by atoms with E-state index in [1.54, 1.807) is 12.1 Å². The first-order chi connectivity index (χ1) is 9.61. The van der Waals surface area contributed by atoms with Crippen LogP contribution in [-0.2, 0) is 9.53 Å². The minimum Gasteiger partial charge on any atom is -0.486 e. The molecule has 0 bridgehead atoms. The van der Waals surface area contributed by atoms with E-state index in [4.69, 9.17) is 15.2 Å². The molecule has 6 heteroatoms. The average molecular weight is 279 g/mol. The molecule has 0 unspecified atom stereocenters. The predicted molar refractivity (Wildman–Crippen MR) is 72.0 cm³/mol. The standard InChI is InChI=1S/C14H17NO5/c1-18-14(17)4-2-3-11(16)9-7-12-13(8-10(9)15)20-6-5-19-12/h7-8H,2-6,15H2,1H3. The number of anilines is 1. The van der Waals surface area contributed by atoms with Crippen molar-refractivity contribution in [1.82, 2.24) is 0 Å². The summed E-state index contributed by atoms with van der Waals surface area (Å²) in [5, 5.41) is 0. The van der Waals surface area contributed by atoms with Gasteiger partial charge in [0.2, 0.25) is 0 Å². The van der Waals surface area contributed by atoms with Crippen molar-refractivity contribution in [2.75, 3.05) is 26.1 Å². The van der Waals surface area contributed by atoms with Crippen LogP contribution in [0.25, 0.3) is 0 Å². The van der Waals surface area contributed by atoms with Gasteiger partial charge in [0.25, 0.3) is 0 Å². The molecule has 2 N–H and O–H groups in total. The predicted octanol–water partition coefficient (Wildman–Crippen LogP) is 1.57. The largest absolute Gasteiger partial charge is 0.486 e. The molecule has 1 aliphatic rings. The molecule has 1 aromatic rings. The molecular weight excluding hydrogens is 262 g/mol. The minimum atomic E-state index is -0.326. The van der Waals surface area contributed by atoms with Crippen molar-refractivity contribution in [1.29, 1.82) is 0 Å². The first kappa shape index (κ1) is 14.2. The number of ketones is 1. The molecule has 108 valence electrons. The monoisotopic (exact) mass is 279 g/mol. The van der Waals surface area contributed by atoms with Gasteiger partial charge in [0.1, 0.15) is 13.2 Å². The van der Waals surface area contributed by atoms with E-state index in [1.165, 1.54) is 7.11 Å². The molecule has 0 saturated carbocycles. The molecule has 0 saturated heterocycles. The zero-order valence-corrected chi connectivity index (χ0v) is 11.3. The Morgan fingerprint density at radius 1 is 1.20 bits per heavy atom. The first-order valence-corrected chi connectivity index (χ1v) is 6.41. The maximum absolute atomic E-state index is 12.1. The fourth-order valence-corrected chi connectivity index (χ4v) is 1.98. The lowest BCUT2D eigenvalue weighted by Gasteiger charge is -2.19. The number of fused-ring (bicyclic) bond motifs is 1. The van der Waals surface area contributed by atoms with Crippen molar-refractivity contribution in [2.45, 2.75) is 19.3 Å². The van der Waals surface area contributed by atoms with Crippen molar-refractivity contribution in [2.24, 2.45) is 0 Å². The highest BCUT2D eigenvalue weighted by Gasteiger charge is 2.18. The maximum atomic E-state index is 12.1. The van der Waals surface area contributed by atoms with E-state index in [0.717, 1.165) is 0 Å². The third-order valence-electron chi connectivity index (χ3n) is 3.03. The Labute approximate surface area is 116 Å². The molecule has 0 aliphatic carbocycles. The van der Waals surface area contributed by atoms with E-state index in [9.17, 15) is 9.59 Å². The second kappa shape index (κ2) is 6.27. The number of benzene rings is 1. The third kappa shape index (κ3) is 3.20. The molecule has 2 rings (SSSR count). The summed E-state index contributed by atoms with van der Waals surface area (Å²) in [5.74, 6) is 0.637. The van der Waals surface area contributed by atoms with Crippen molar-refractivity contribution in [3.63, 3.8) is 0 Å². The van der Waals surface area contributed by atoms with Crippen LogP contribution in [0.3, 0.4) is 0 Å². The maximum Gasteiger partial charge on any atom is 0.305 e. The Morgan fingerprint density at radius 3 is 2.50 bits per heavy atom. The highest BCUT2D eigenvalue weighted by Crippen LogP contribution is 2.34. The smallest absolute Gasteiger partial charge is 0.305 e. The molecule has 0 amide bonds. The number of carbonyl (C=O) groups is 2. The fourth-order valence-electron chi connectivity index (χ4n) is 1.98. The van der Waals surface area contributed by atoms with Gasteiger partial charge in [0.05, 0.1) is 7.11 Å². The number of Topliss-reactive ketones (excluding diaryl/α,β-unsaturated/α-hetero) is 1. The number of nitrogens with two attached hydrogens (primary N) is 1. The van der Waals surface area contributed by atoms with Crippen LogP contribution < -0.4 is 15.2 Å². The molecule has 0 fully saturated rings. The van der Waals surface area contributed by atoms with E-state index in [1.807, 2.05) is 0 Å². The molecular formula is C14H17NO5. The summed E-state index contributed by atoms with van der Waals surface area (Å²) in [6, 6.07) is 3.20. The number of hydrogen-bond donors (Lipinski definition) is 1. The van der Waals surface area contributed by atoms with Gasteiger partial charge in [-0.3, -0.25) is 9.59 Å². The van der Waals surface area contributed by atoms with Crippen LogP contribution in [0.2, 0.25) is 0 Å². The zero-order chi connectivity index (χ0) is 14.5. The van der Waals surface area contributed by atoms with Gasteiger partial charge in [-0.25, -0.2) is 0 Å². The van der Waals surface area contributed by atoms with E-state index in [-0.39, 0.29) is 24.6 Å². The van der Waals surface area contributed by atoms with Gasteiger partial charge in [-0.05, 0) is 12.5 Å². The molecule has 0 aromatic heterocycles. The van der Waals surface area contributed by atoms with Crippen LogP contribution in [0, 0.1) is 0 Å². The molecule has 0 spiro atoms. The van der Waals surface area contributed by atoms with E-state index < -0.39 is 0 Å². The summed E-state index contributed by atoms with van der Waals surface area (Å²) >= 11 is 0. The van der Waals surface area contributed by atoms with Crippen LogP contribution in [0.15, 0.2) is 12.1 Å². The summed E-state index contributed by atoms with van der Waals surface area (Å²) in [7, 11) is 1.32. The number of hydrogen-bond acceptors (Lipinski definition) is 6. The average Bonchev–Trinajstić information content (AvgIpc) is 2.46. The summed E-state index contributed by atoms with van der Waals surface area (Å²) in [6.07, 6.45) is 0.880. The first-order valence-electron chi connectivity index (χ1n) is 6.41. The highest BCUT2D eigenvalue weighted by molar-refractivity contribution is 6.01. The molecule has 0 radical (unpaired) electrons. The number of carbonyl (C=O) groups excluding carboxylic acids is 2. The summed E-state index contributed by atoms with van der Waals surface area (Å²) < 4.78 is 15.3. The molecule has 20 heavy (non-hydrogen) atoms. The second-order valence-corrected chi connectivity index (χ2v) is 4.44. The number of nitrogen functional groups attached to an aromatic ring is 1. The number of esters is 1. The number of methoxy groups -OCH3 is 1. The van der Waals surface area contributed by atoms with Crippen molar-refractivity contribution in [3.8, 4) is 11.5 Å². The Balaban J connectivity index is 2.04. The van der Waals surface area contributed by atoms with Crippen molar-refractivity contribution in [3.05, 3.63) is 17.7 Å². The van der Waals surface area contributed by atoms with Gasteiger partial charge in [0.15, 0.2) is 17.3 Å². The van der Waals surface area contributed by atoms with E-state index >= 15 is 0 Å². The Bertz CT molecular complexity index is 527. The van der Waals surface area contributed by atoms with Crippen LogP contribution in [0.5, 0.6) is 11.5 Å². The van der Waals surface area contributed by atoms with Crippen molar-refractivity contribution >= 4 is 17.4 Å². The normalized spacial score (nSPS) is 12.8. The highest BCUT2D eigenvalue weighted by atomic mass is 16.6. The van der Waals surface area contributed by atoms with Crippen molar-refractivity contribution < 1.29 is 23.8 Å². The summed E-state index contributed by atoms with van der Waals surface area (Å²) in [4.78, 5) is 23.1. The van der Waals surface area contributed by atoms with Crippen LogP contribution in [-0.4, -0.2) is 32.1 Å².